The van der Waals surface area contributed by atoms with E-state index in [0.717, 1.165) is 6.42 Å². The highest BCUT2D eigenvalue weighted by molar-refractivity contribution is 6.68. The van der Waals surface area contributed by atoms with Gasteiger partial charge in [0.2, 0.25) is 10.0 Å². The van der Waals surface area contributed by atoms with Crippen molar-refractivity contribution < 1.29 is 18.8 Å². The lowest BCUT2D eigenvalue weighted by molar-refractivity contribution is -0.145. The minimum Gasteiger partial charge on any atom is -0.440 e. The van der Waals surface area contributed by atoms with Gasteiger partial charge in [-0.1, -0.05) is 47.0 Å². The summed E-state index contributed by atoms with van der Waals surface area (Å²) in [6.45, 7) is 8.78. The summed E-state index contributed by atoms with van der Waals surface area (Å²) >= 11 is 18.0. The van der Waals surface area contributed by atoms with Gasteiger partial charge >= 0.3 is 13.1 Å². The fourth-order valence-electron chi connectivity index (χ4n) is 3.83. The zero-order valence-corrected chi connectivity index (χ0v) is 17.8. The van der Waals surface area contributed by atoms with Gasteiger partial charge in [-0.25, -0.2) is 9.69 Å². The van der Waals surface area contributed by atoms with Gasteiger partial charge in [0.25, 0.3) is 0 Å². The van der Waals surface area contributed by atoms with E-state index < -0.39 is 15.6 Å². The minimum absolute atomic E-state index is 0.294. The molecule has 146 valence electrons. The third-order valence-corrected chi connectivity index (χ3v) is 6.51. The maximum absolute atomic E-state index is 12.5. The van der Waals surface area contributed by atoms with Crippen LogP contribution in [-0.4, -0.2) is 51.3 Å². The first-order valence-electron chi connectivity index (χ1n) is 8.94. The number of cyclic esters (lactones) is 1. The number of halogens is 3. The van der Waals surface area contributed by atoms with Crippen LogP contribution in [0.25, 0.3) is 0 Å². The van der Waals surface area contributed by atoms with Gasteiger partial charge < -0.3 is 14.0 Å². The topological polar surface area (TPSA) is 48.0 Å². The van der Waals surface area contributed by atoms with Crippen LogP contribution in [0.3, 0.4) is 0 Å². The molecular formula is C17H25BCl3NO4. The van der Waals surface area contributed by atoms with E-state index in [1.54, 1.807) is 0 Å². The monoisotopic (exact) mass is 423 g/mol. The van der Waals surface area contributed by atoms with E-state index in [4.69, 9.17) is 48.8 Å². The molecule has 3 fully saturated rings. The lowest BCUT2D eigenvalue weighted by atomic mass is 9.84. The molecule has 2 atom stereocenters. The van der Waals surface area contributed by atoms with Gasteiger partial charge in [0, 0.05) is 12.9 Å². The second kappa shape index (κ2) is 6.82. The zero-order chi connectivity index (χ0) is 19.4. The normalized spacial score (nSPS) is 33.9. The number of rotatable bonds is 4. The Kier molecular flexibility index (Phi) is 5.44. The molecule has 0 aromatic carbocycles. The van der Waals surface area contributed by atoms with Gasteiger partial charge in [0.1, 0.15) is 5.54 Å². The van der Waals surface area contributed by atoms with Crippen LogP contribution in [0.15, 0.2) is 12.2 Å². The maximum Gasteiger partial charge on any atom is 0.461 e. The Bertz CT molecular complexity index is 591. The molecule has 26 heavy (non-hydrogen) atoms. The molecule has 0 unspecified atom stereocenters. The molecule has 0 spiro atoms. The molecule has 0 amide bonds. The summed E-state index contributed by atoms with van der Waals surface area (Å²) in [5.41, 5.74) is -1.43. The van der Waals surface area contributed by atoms with Crippen LogP contribution < -0.4 is 0 Å². The summed E-state index contributed by atoms with van der Waals surface area (Å²) < 4.78 is 15.7. The lowest BCUT2D eigenvalue weighted by Crippen LogP contribution is -2.48. The molecule has 3 aliphatic heterocycles. The number of esters is 1. The van der Waals surface area contributed by atoms with Gasteiger partial charge in [-0.2, -0.15) is 0 Å². The summed E-state index contributed by atoms with van der Waals surface area (Å²) in [5.74, 6) is -0.313. The van der Waals surface area contributed by atoms with Crippen LogP contribution in [0, 0.1) is 0 Å². The highest BCUT2D eigenvalue weighted by atomic mass is 35.6. The predicted octanol–water partition coefficient (Wildman–Crippen LogP) is 4.11. The number of nitrogens with zero attached hydrogens (tertiary/aromatic N) is 1. The summed E-state index contributed by atoms with van der Waals surface area (Å²) in [6, 6.07) is 0. The Balaban J connectivity index is 1.62. The van der Waals surface area contributed by atoms with Gasteiger partial charge in [-0.15, -0.1) is 0 Å². The number of alkyl halides is 3. The first-order valence-corrected chi connectivity index (χ1v) is 10.1. The van der Waals surface area contributed by atoms with E-state index in [2.05, 4.69) is 0 Å². The summed E-state index contributed by atoms with van der Waals surface area (Å²) in [6.07, 6.45) is 5.84. The number of allylic oxidation sites excluding steroid dienone is 1. The second-order valence-corrected chi connectivity index (χ2v) is 10.6. The van der Waals surface area contributed by atoms with Crippen molar-refractivity contribution in [3.05, 3.63) is 12.2 Å². The molecule has 9 heteroatoms. The van der Waals surface area contributed by atoms with Crippen LogP contribution in [0.4, 0.5) is 0 Å². The first kappa shape index (κ1) is 20.8. The van der Waals surface area contributed by atoms with Crippen LogP contribution in [-0.2, 0) is 18.8 Å². The molecule has 5 nitrogen and oxygen atoms in total. The smallest absolute Gasteiger partial charge is 0.440 e. The quantitative estimate of drug-likeness (QED) is 0.294. The molecule has 0 aromatic heterocycles. The van der Waals surface area contributed by atoms with Crippen molar-refractivity contribution in [1.82, 2.24) is 4.90 Å². The summed E-state index contributed by atoms with van der Waals surface area (Å²) in [4.78, 5) is 14.4. The van der Waals surface area contributed by atoms with Crippen molar-refractivity contribution in [2.75, 3.05) is 6.54 Å². The maximum atomic E-state index is 12.5. The molecule has 0 saturated carbocycles. The fourth-order valence-corrected chi connectivity index (χ4v) is 4.32. The average Bonchev–Trinajstić information content (AvgIpc) is 3.07. The van der Waals surface area contributed by atoms with Crippen molar-refractivity contribution in [1.29, 1.82) is 0 Å². The van der Waals surface area contributed by atoms with Gasteiger partial charge in [0.05, 0.1) is 11.2 Å². The van der Waals surface area contributed by atoms with Crippen LogP contribution in [0.5, 0.6) is 0 Å². The van der Waals surface area contributed by atoms with E-state index in [9.17, 15) is 4.79 Å². The SMILES string of the molecule is CC1(C)OB(C/C=C/C[C@]23CCCN2[C@H](C(Cl)(Cl)Cl)OC3=O)OC1(C)C. The first-order chi connectivity index (χ1) is 11.9. The van der Waals surface area contributed by atoms with Crippen molar-refractivity contribution >= 4 is 47.9 Å². The molecule has 3 saturated heterocycles. The largest absolute Gasteiger partial charge is 0.461 e. The molecule has 3 heterocycles. The molecule has 0 bridgehead atoms. The van der Waals surface area contributed by atoms with Gasteiger partial charge in [-0.3, -0.25) is 0 Å². The van der Waals surface area contributed by atoms with Gasteiger partial charge in [-0.05, 0) is 47.0 Å². The number of carbonyl (C=O) groups is 1. The highest BCUT2D eigenvalue weighted by Crippen LogP contribution is 2.48. The highest BCUT2D eigenvalue weighted by Gasteiger charge is 2.61. The minimum atomic E-state index is -1.66. The number of hydrogen-bond donors (Lipinski definition) is 0. The van der Waals surface area contributed by atoms with E-state index >= 15 is 0 Å². The molecule has 0 N–H and O–H groups in total. The molecular weight excluding hydrogens is 399 g/mol. The Morgan fingerprint density at radius 2 is 1.81 bits per heavy atom. The molecule has 0 aliphatic carbocycles. The van der Waals surface area contributed by atoms with Crippen molar-refractivity contribution in [2.45, 2.75) is 80.0 Å². The van der Waals surface area contributed by atoms with Crippen molar-refractivity contribution in [3.8, 4) is 0 Å². The molecule has 0 radical (unpaired) electrons. The van der Waals surface area contributed by atoms with Crippen LogP contribution in [0.1, 0.15) is 47.0 Å². The standard InChI is InChI=1S/C17H25BCl3NO4/c1-14(2)15(3,4)26-18(25-14)10-6-5-8-16-9-7-11-22(16)12(17(19,20)21)24-13(16)23/h5-6,12H,7-11H2,1-4H3/b6-5+/t12-,16+/m0/s1. The fraction of sp³-hybridized carbons (Fsp3) is 0.824. The van der Waals surface area contributed by atoms with E-state index in [1.165, 1.54) is 0 Å². The van der Waals surface area contributed by atoms with Crippen LogP contribution >= 0.6 is 34.8 Å². The Hall–Kier alpha value is 0.0249. The second-order valence-electron chi connectivity index (χ2n) is 8.22. The van der Waals surface area contributed by atoms with Crippen molar-refractivity contribution in [2.24, 2.45) is 0 Å². The third-order valence-electron chi connectivity index (χ3n) is 5.95. The molecule has 3 aliphatic rings. The van der Waals surface area contributed by atoms with Gasteiger partial charge in [0.15, 0.2) is 0 Å². The number of ether oxygens (including phenoxy) is 1. The zero-order valence-electron chi connectivity index (χ0n) is 15.6. The van der Waals surface area contributed by atoms with Crippen LogP contribution in [0.2, 0.25) is 6.32 Å². The van der Waals surface area contributed by atoms with Crippen molar-refractivity contribution in [3.63, 3.8) is 0 Å². The predicted molar refractivity (Wildman–Crippen MR) is 103 cm³/mol. The number of fused-ring (bicyclic) bond motifs is 1. The third kappa shape index (κ3) is 3.54. The Morgan fingerprint density at radius 1 is 1.19 bits per heavy atom. The lowest BCUT2D eigenvalue weighted by Gasteiger charge is -2.32. The van der Waals surface area contributed by atoms with E-state index in [1.807, 2.05) is 44.7 Å². The average molecular weight is 425 g/mol. The number of carbonyl (C=O) groups excluding carboxylic acids is 1. The number of hydrogen-bond acceptors (Lipinski definition) is 5. The summed E-state index contributed by atoms with van der Waals surface area (Å²) in [5, 5.41) is 0. The molecule has 0 aromatic rings. The van der Waals surface area contributed by atoms with E-state index in [0.29, 0.717) is 25.7 Å². The molecule has 3 rings (SSSR count). The van der Waals surface area contributed by atoms with E-state index in [-0.39, 0.29) is 24.3 Å². The Labute approximate surface area is 170 Å². The Morgan fingerprint density at radius 3 is 2.38 bits per heavy atom. The summed E-state index contributed by atoms with van der Waals surface area (Å²) in [7, 11) is -0.294.